The summed E-state index contributed by atoms with van der Waals surface area (Å²) in [6.45, 7) is 7.70. The SMILES string of the molecule is C/C=C/C1=CC(Nc2nc(Oc3c(F)cc4c(c3F)C=C(C)C4)cc(N3CCN(C)CC3)n2)=NC1. The van der Waals surface area contributed by atoms with Crippen LogP contribution in [0.5, 0.6) is 11.6 Å². The van der Waals surface area contributed by atoms with Crippen LogP contribution in [0.2, 0.25) is 0 Å². The summed E-state index contributed by atoms with van der Waals surface area (Å²) >= 11 is 0. The van der Waals surface area contributed by atoms with Crippen molar-refractivity contribution in [2.24, 2.45) is 4.99 Å². The molecule has 3 aliphatic rings. The molecule has 0 unspecified atom stereocenters. The second-order valence-corrected chi connectivity index (χ2v) is 9.07. The number of piperazine rings is 1. The Morgan fingerprint density at radius 1 is 1.09 bits per heavy atom. The van der Waals surface area contributed by atoms with Crippen LogP contribution in [0.3, 0.4) is 0 Å². The molecule has 1 aliphatic carbocycles. The Bertz CT molecular complexity index is 1280. The first-order chi connectivity index (χ1) is 16.9. The summed E-state index contributed by atoms with van der Waals surface area (Å²) in [6.07, 6.45) is 8.12. The number of anilines is 2. The number of fused-ring (bicyclic) bond motifs is 1. The van der Waals surface area contributed by atoms with E-state index in [4.69, 9.17) is 4.74 Å². The molecule has 1 aromatic heterocycles. The van der Waals surface area contributed by atoms with Gasteiger partial charge in [0, 0.05) is 37.8 Å². The largest absolute Gasteiger partial charge is 0.433 e. The maximum absolute atomic E-state index is 15.2. The highest BCUT2D eigenvalue weighted by atomic mass is 19.1. The fourth-order valence-electron chi connectivity index (χ4n) is 4.43. The topological polar surface area (TPSA) is 65.9 Å². The molecule has 0 saturated carbocycles. The number of allylic oxidation sites excluding steroid dienone is 2. The minimum absolute atomic E-state index is 0.0594. The highest BCUT2D eigenvalue weighted by molar-refractivity contribution is 6.05. The number of halogens is 2. The molecule has 1 fully saturated rings. The van der Waals surface area contributed by atoms with E-state index >= 15 is 4.39 Å². The van der Waals surface area contributed by atoms with E-state index in [9.17, 15) is 4.39 Å². The normalized spacial score (nSPS) is 18.0. The summed E-state index contributed by atoms with van der Waals surface area (Å²) in [4.78, 5) is 17.9. The number of nitrogens with one attached hydrogen (secondary N) is 1. The Hall–Kier alpha value is -3.59. The Kier molecular flexibility index (Phi) is 6.34. The number of aliphatic imine (C=N–C) groups is 1. The second kappa shape index (κ2) is 9.58. The molecule has 7 nitrogen and oxygen atoms in total. The van der Waals surface area contributed by atoms with Gasteiger partial charge < -0.3 is 19.9 Å². The van der Waals surface area contributed by atoms with Gasteiger partial charge in [0.15, 0.2) is 11.6 Å². The molecular weight excluding hydrogens is 450 g/mol. The smallest absolute Gasteiger partial charge is 0.233 e. The van der Waals surface area contributed by atoms with Crippen molar-refractivity contribution in [1.82, 2.24) is 14.9 Å². The quantitative estimate of drug-likeness (QED) is 0.679. The highest BCUT2D eigenvalue weighted by Crippen LogP contribution is 2.37. The monoisotopic (exact) mass is 478 g/mol. The van der Waals surface area contributed by atoms with Gasteiger partial charge >= 0.3 is 0 Å². The van der Waals surface area contributed by atoms with Crippen LogP contribution in [-0.4, -0.2) is 60.5 Å². The molecule has 0 radical (unpaired) electrons. The molecule has 0 spiro atoms. The van der Waals surface area contributed by atoms with Crippen molar-refractivity contribution in [2.45, 2.75) is 20.3 Å². The molecule has 1 saturated heterocycles. The minimum atomic E-state index is -0.752. The Labute approximate surface area is 203 Å². The average molecular weight is 479 g/mol. The number of hydrogen-bond donors (Lipinski definition) is 1. The average Bonchev–Trinajstić information content (AvgIpc) is 3.42. The number of likely N-dealkylation sites (N-methyl/N-ethyl adjacent to an activating group) is 1. The molecule has 35 heavy (non-hydrogen) atoms. The van der Waals surface area contributed by atoms with E-state index in [1.165, 1.54) is 6.07 Å². The van der Waals surface area contributed by atoms with Crippen LogP contribution in [0.4, 0.5) is 20.5 Å². The van der Waals surface area contributed by atoms with Crippen molar-refractivity contribution in [3.63, 3.8) is 0 Å². The van der Waals surface area contributed by atoms with E-state index in [0.29, 0.717) is 35.7 Å². The van der Waals surface area contributed by atoms with Gasteiger partial charge in [-0.1, -0.05) is 23.8 Å². The summed E-state index contributed by atoms with van der Waals surface area (Å²) in [6, 6.07) is 2.96. The van der Waals surface area contributed by atoms with Crippen molar-refractivity contribution in [2.75, 3.05) is 50.0 Å². The predicted molar refractivity (Wildman–Crippen MR) is 134 cm³/mol. The number of ether oxygens (including phenoxy) is 1. The molecule has 2 aliphatic heterocycles. The molecule has 182 valence electrons. The molecule has 2 aromatic rings. The molecule has 1 aromatic carbocycles. The van der Waals surface area contributed by atoms with Gasteiger partial charge in [-0.2, -0.15) is 9.97 Å². The van der Waals surface area contributed by atoms with Gasteiger partial charge in [0.2, 0.25) is 17.6 Å². The summed E-state index contributed by atoms with van der Waals surface area (Å²) in [7, 11) is 2.07. The molecule has 9 heteroatoms. The molecule has 1 N–H and O–H groups in total. The first-order valence-electron chi connectivity index (χ1n) is 11.7. The number of amidine groups is 1. The molecular formula is C26H28F2N6O. The lowest BCUT2D eigenvalue weighted by atomic mass is 10.1. The van der Waals surface area contributed by atoms with Crippen LogP contribution in [0.15, 0.2) is 46.5 Å². The first-order valence-corrected chi connectivity index (χ1v) is 11.7. The zero-order valence-electron chi connectivity index (χ0n) is 20.1. The van der Waals surface area contributed by atoms with Crippen LogP contribution < -0.4 is 15.0 Å². The highest BCUT2D eigenvalue weighted by Gasteiger charge is 2.24. The van der Waals surface area contributed by atoms with Gasteiger partial charge in [-0.25, -0.2) is 8.78 Å². The number of rotatable bonds is 5. The van der Waals surface area contributed by atoms with Crippen molar-refractivity contribution >= 4 is 23.7 Å². The maximum Gasteiger partial charge on any atom is 0.233 e. The van der Waals surface area contributed by atoms with E-state index in [-0.39, 0.29) is 11.8 Å². The third kappa shape index (κ3) is 4.95. The molecule has 0 amide bonds. The van der Waals surface area contributed by atoms with Gasteiger partial charge in [0.1, 0.15) is 11.7 Å². The van der Waals surface area contributed by atoms with Gasteiger partial charge in [0.05, 0.1) is 6.54 Å². The summed E-state index contributed by atoms with van der Waals surface area (Å²) in [5.74, 6) is -0.371. The van der Waals surface area contributed by atoms with E-state index < -0.39 is 17.4 Å². The van der Waals surface area contributed by atoms with Crippen molar-refractivity contribution in [3.8, 4) is 11.6 Å². The lowest BCUT2D eigenvalue weighted by Gasteiger charge is -2.33. The molecule has 3 heterocycles. The van der Waals surface area contributed by atoms with Crippen LogP contribution in [0, 0.1) is 11.6 Å². The van der Waals surface area contributed by atoms with E-state index in [1.54, 1.807) is 12.1 Å². The van der Waals surface area contributed by atoms with Crippen LogP contribution in [0.1, 0.15) is 25.0 Å². The fourth-order valence-corrected chi connectivity index (χ4v) is 4.43. The van der Waals surface area contributed by atoms with Gasteiger partial charge in [-0.3, -0.25) is 4.99 Å². The number of hydrogen-bond acceptors (Lipinski definition) is 7. The Morgan fingerprint density at radius 2 is 1.89 bits per heavy atom. The minimum Gasteiger partial charge on any atom is -0.433 e. The van der Waals surface area contributed by atoms with Gasteiger partial charge in [-0.05, 0) is 50.6 Å². The van der Waals surface area contributed by atoms with Crippen molar-refractivity contribution in [3.05, 3.63) is 64.3 Å². The zero-order chi connectivity index (χ0) is 24.5. The van der Waals surface area contributed by atoms with Crippen LogP contribution in [0.25, 0.3) is 6.08 Å². The standard InChI is InChI=1S/C26H28F2N6O/c1-4-5-17-12-21(29-15-17)30-26-31-22(34-8-6-33(3)7-9-34)14-23(32-26)35-25-20(27)13-18-10-16(2)11-19(18)24(25)28/h4-5,11-14H,6-10,15H2,1-3H3,(H,29,30,31,32)/b5-4+. The zero-order valence-corrected chi connectivity index (χ0v) is 20.1. The Balaban J connectivity index is 1.48. The van der Waals surface area contributed by atoms with E-state index in [0.717, 1.165) is 37.3 Å². The van der Waals surface area contributed by atoms with Gasteiger partial charge in [0.25, 0.3) is 0 Å². The predicted octanol–water partition coefficient (Wildman–Crippen LogP) is 4.58. The van der Waals surface area contributed by atoms with E-state index in [1.807, 2.05) is 32.1 Å². The number of benzene rings is 1. The van der Waals surface area contributed by atoms with Crippen LogP contribution in [-0.2, 0) is 6.42 Å². The van der Waals surface area contributed by atoms with Crippen LogP contribution >= 0.6 is 0 Å². The molecule has 0 bridgehead atoms. The second-order valence-electron chi connectivity index (χ2n) is 9.07. The van der Waals surface area contributed by atoms with Gasteiger partial charge in [-0.15, -0.1) is 0 Å². The number of nitrogens with zero attached hydrogens (tertiary/aromatic N) is 5. The summed E-state index contributed by atoms with van der Waals surface area (Å²) < 4.78 is 35.8. The fraction of sp³-hybridized carbons (Fsp3) is 0.346. The third-order valence-electron chi connectivity index (χ3n) is 6.26. The first kappa shape index (κ1) is 23.2. The van der Waals surface area contributed by atoms with E-state index in [2.05, 4.69) is 37.1 Å². The lowest BCUT2D eigenvalue weighted by Crippen LogP contribution is -2.44. The molecule has 5 rings (SSSR count). The number of aromatic nitrogens is 2. The summed E-state index contributed by atoms with van der Waals surface area (Å²) in [5, 5.41) is 3.12. The van der Waals surface area contributed by atoms with Crippen molar-refractivity contribution < 1.29 is 13.5 Å². The third-order valence-corrected chi connectivity index (χ3v) is 6.26. The van der Waals surface area contributed by atoms with Crippen molar-refractivity contribution in [1.29, 1.82) is 0 Å². The maximum atomic E-state index is 15.2. The molecule has 0 atom stereocenters. The summed E-state index contributed by atoms with van der Waals surface area (Å²) in [5.41, 5.74) is 3.03. The lowest BCUT2D eigenvalue weighted by molar-refractivity contribution is 0.312. The Morgan fingerprint density at radius 3 is 2.66 bits per heavy atom.